The van der Waals surface area contributed by atoms with E-state index in [1.807, 2.05) is 32.0 Å². The van der Waals surface area contributed by atoms with E-state index in [0.29, 0.717) is 6.61 Å². The average molecular weight is 279 g/mol. The Labute approximate surface area is 127 Å². The lowest BCUT2D eigenvalue weighted by atomic mass is 9.92. The lowest BCUT2D eigenvalue weighted by molar-refractivity contribution is 0.264. The lowest BCUT2D eigenvalue weighted by Gasteiger charge is -2.15. The van der Waals surface area contributed by atoms with E-state index in [9.17, 15) is 0 Å². The minimum Gasteiger partial charge on any atom is -0.494 e. The topological polar surface area (TPSA) is 33.0 Å². The highest BCUT2D eigenvalue weighted by Crippen LogP contribution is 2.20. The summed E-state index contributed by atoms with van der Waals surface area (Å²) in [6, 6.07) is 20.9. The van der Waals surface area contributed by atoms with Crippen molar-refractivity contribution in [1.29, 1.82) is 5.26 Å². The van der Waals surface area contributed by atoms with Gasteiger partial charge in [-0.25, -0.2) is 0 Å². The zero-order chi connectivity index (χ0) is 15.1. The SMILES string of the molecule is CC(C)(C#N)CCOc1ccc(Cc2ccccc2)cc1. The van der Waals surface area contributed by atoms with Crippen molar-refractivity contribution >= 4 is 0 Å². The molecule has 2 rings (SSSR count). The van der Waals surface area contributed by atoms with Gasteiger partial charge in [-0.15, -0.1) is 0 Å². The fourth-order valence-electron chi connectivity index (χ4n) is 2.02. The van der Waals surface area contributed by atoms with Gasteiger partial charge in [0.1, 0.15) is 5.75 Å². The standard InChI is InChI=1S/C19H21NO/c1-19(2,15-20)12-13-21-18-10-8-17(9-11-18)14-16-6-4-3-5-7-16/h3-11H,12-14H2,1-2H3. The van der Waals surface area contributed by atoms with Crippen LogP contribution in [0.3, 0.4) is 0 Å². The molecule has 0 spiro atoms. The van der Waals surface area contributed by atoms with Gasteiger partial charge in [0.25, 0.3) is 0 Å². The fraction of sp³-hybridized carbons (Fsp3) is 0.316. The Kier molecular flexibility index (Phi) is 5.00. The molecular weight excluding hydrogens is 258 g/mol. The van der Waals surface area contributed by atoms with Crippen molar-refractivity contribution in [3.05, 3.63) is 65.7 Å². The van der Waals surface area contributed by atoms with Gasteiger partial charge in [0.2, 0.25) is 0 Å². The molecule has 0 N–H and O–H groups in total. The molecule has 2 aromatic rings. The van der Waals surface area contributed by atoms with Crippen LogP contribution in [0, 0.1) is 16.7 Å². The van der Waals surface area contributed by atoms with E-state index in [1.54, 1.807) is 0 Å². The van der Waals surface area contributed by atoms with E-state index >= 15 is 0 Å². The third-order valence-corrected chi connectivity index (χ3v) is 3.47. The van der Waals surface area contributed by atoms with Crippen LogP contribution in [-0.4, -0.2) is 6.61 Å². The minimum absolute atomic E-state index is 0.326. The van der Waals surface area contributed by atoms with Gasteiger partial charge in [0.15, 0.2) is 0 Å². The van der Waals surface area contributed by atoms with Crippen LogP contribution in [0.2, 0.25) is 0 Å². The molecule has 0 aliphatic rings. The summed E-state index contributed by atoms with van der Waals surface area (Å²) in [7, 11) is 0. The highest BCUT2D eigenvalue weighted by atomic mass is 16.5. The maximum Gasteiger partial charge on any atom is 0.119 e. The predicted octanol–water partition coefficient (Wildman–Crippen LogP) is 4.60. The first-order valence-electron chi connectivity index (χ1n) is 7.26. The smallest absolute Gasteiger partial charge is 0.119 e. The molecule has 21 heavy (non-hydrogen) atoms. The Morgan fingerprint density at radius 2 is 1.57 bits per heavy atom. The maximum atomic E-state index is 8.96. The second-order valence-electron chi connectivity index (χ2n) is 5.90. The summed E-state index contributed by atoms with van der Waals surface area (Å²) in [6.07, 6.45) is 1.66. The quantitative estimate of drug-likeness (QED) is 0.774. The van der Waals surface area contributed by atoms with Gasteiger partial charge in [0, 0.05) is 0 Å². The molecule has 0 saturated heterocycles. The molecule has 0 aromatic heterocycles. The van der Waals surface area contributed by atoms with Gasteiger partial charge >= 0.3 is 0 Å². The Bertz CT molecular complexity index is 594. The molecule has 108 valence electrons. The van der Waals surface area contributed by atoms with Crippen LogP contribution in [-0.2, 0) is 6.42 Å². The zero-order valence-electron chi connectivity index (χ0n) is 12.7. The first-order valence-corrected chi connectivity index (χ1v) is 7.26. The molecule has 2 nitrogen and oxygen atoms in total. The third kappa shape index (κ3) is 4.96. The molecule has 2 heteroatoms. The van der Waals surface area contributed by atoms with Gasteiger partial charge < -0.3 is 4.74 Å². The number of hydrogen-bond donors (Lipinski definition) is 0. The largest absolute Gasteiger partial charge is 0.494 e. The first kappa shape index (κ1) is 15.1. The van der Waals surface area contributed by atoms with E-state index in [-0.39, 0.29) is 5.41 Å². The number of benzene rings is 2. The summed E-state index contributed by atoms with van der Waals surface area (Å²) < 4.78 is 5.70. The predicted molar refractivity (Wildman–Crippen MR) is 85.2 cm³/mol. The number of nitriles is 1. The Morgan fingerprint density at radius 3 is 2.19 bits per heavy atom. The molecule has 0 atom stereocenters. The third-order valence-electron chi connectivity index (χ3n) is 3.47. The van der Waals surface area contributed by atoms with E-state index in [2.05, 4.69) is 42.5 Å². The first-order chi connectivity index (χ1) is 10.1. The molecule has 0 amide bonds. The maximum absolute atomic E-state index is 8.96. The van der Waals surface area contributed by atoms with Crippen molar-refractivity contribution in [2.75, 3.05) is 6.61 Å². The fourth-order valence-corrected chi connectivity index (χ4v) is 2.02. The zero-order valence-corrected chi connectivity index (χ0v) is 12.7. The molecule has 0 heterocycles. The van der Waals surface area contributed by atoms with Crippen LogP contribution >= 0.6 is 0 Å². The second kappa shape index (κ2) is 6.95. The van der Waals surface area contributed by atoms with E-state index < -0.39 is 0 Å². The van der Waals surface area contributed by atoms with Crippen LogP contribution in [0.1, 0.15) is 31.4 Å². The summed E-state index contributed by atoms with van der Waals surface area (Å²) in [5.41, 5.74) is 2.25. The molecule has 0 unspecified atom stereocenters. The molecule has 0 bridgehead atoms. The van der Waals surface area contributed by atoms with Crippen LogP contribution in [0.15, 0.2) is 54.6 Å². The Morgan fingerprint density at radius 1 is 0.952 bits per heavy atom. The van der Waals surface area contributed by atoms with Gasteiger partial charge in [0.05, 0.1) is 18.1 Å². The van der Waals surface area contributed by atoms with Crippen molar-refractivity contribution in [2.45, 2.75) is 26.7 Å². The Hall–Kier alpha value is -2.27. The lowest BCUT2D eigenvalue weighted by Crippen LogP contribution is -2.13. The van der Waals surface area contributed by atoms with Gasteiger partial charge in [-0.2, -0.15) is 5.26 Å². The highest BCUT2D eigenvalue weighted by molar-refractivity contribution is 5.31. The Balaban J connectivity index is 1.86. The molecule has 0 saturated carbocycles. The number of hydrogen-bond acceptors (Lipinski definition) is 2. The molecule has 0 aliphatic heterocycles. The van der Waals surface area contributed by atoms with Crippen LogP contribution in [0.4, 0.5) is 0 Å². The molecule has 0 aliphatic carbocycles. The summed E-state index contributed by atoms with van der Waals surface area (Å²) in [5, 5.41) is 8.96. The number of nitrogens with zero attached hydrogens (tertiary/aromatic N) is 1. The van der Waals surface area contributed by atoms with Crippen LogP contribution in [0.25, 0.3) is 0 Å². The van der Waals surface area contributed by atoms with Crippen molar-refractivity contribution < 1.29 is 4.74 Å². The average Bonchev–Trinajstić information content (AvgIpc) is 2.50. The molecule has 0 radical (unpaired) electrons. The summed E-state index contributed by atoms with van der Waals surface area (Å²) in [6.45, 7) is 4.43. The van der Waals surface area contributed by atoms with E-state index in [4.69, 9.17) is 10.00 Å². The second-order valence-corrected chi connectivity index (χ2v) is 5.90. The van der Waals surface area contributed by atoms with Crippen molar-refractivity contribution in [1.82, 2.24) is 0 Å². The van der Waals surface area contributed by atoms with Crippen LogP contribution in [0.5, 0.6) is 5.75 Å². The summed E-state index contributed by atoms with van der Waals surface area (Å²) >= 11 is 0. The van der Waals surface area contributed by atoms with Gasteiger partial charge in [-0.1, -0.05) is 42.5 Å². The normalized spacial score (nSPS) is 10.9. The van der Waals surface area contributed by atoms with E-state index in [0.717, 1.165) is 18.6 Å². The van der Waals surface area contributed by atoms with Gasteiger partial charge in [-0.05, 0) is 49.9 Å². The minimum atomic E-state index is -0.326. The van der Waals surface area contributed by atoms with Crippen LogP contribution < -0.4 is 4.74 Å². The van der Waals surface area contributed by atoms with Crippen molar-refractivity contribution in [3.63, 3.8) is 0 Å². The van der Waals surface area contributed by atoms with E-state index in [1.165, 1.54) is 11.1 Å². The monoisotopic (exact) mass is 279 g/mol. The summed E-state index contributed by atoms with van der Waals surface area (Å²) in [5.74, 6) is 0.862. The van der Waals surface area contributed by atoms with Crippen molar-refractivity contribution in [3.8, 4) is 11.8 Å². The molecular formula is C19H21NO. The number of ether oxygens (including phenoxy) is 1. The van der Waals surface area contributed by atoms with Gasteiger partial charge in [-0.3, -0.25) is 0 Å². The summed E-state index contributed by atoms with van der Waals surface area (Å²) in [4.78, 5) is 0. The highest BCUT2D eigenvalue weighted by Gasteiger charge is 2.16. The number of rotatable bonds is 6. The molecule has 2 aromatic carbocycles. The molecule has 0 fully saturated rings. The van der Waals surface area contributed by atoms with Crippen molar-refractivity contribution in [2.24, 2.45) is 5.41 Å².